The first-order valence-corrected chi connectivity index (χ1v) is 18.5. The molecule has 52 heavy (non-hydrogen) atoms. The summed E-state index contributed by atoms with van der Waals surface area (Å²) < 4.78 is 17.6. The average molecular weight is 735 g/mol. The van der Waals surface area contributed by atoms with Gasteiger partial charge in [0.25, 0.3) is 0 Å². The maximum absolute atomic E-state index is 14.4. The van der Waals surface area contributed by atoms with Gasteiger partial charge in [-0.25, -0.2) is 19.6 Å². The monoisotopic (exact) mass is 734 g/mol. The van der Waals surface area contributed by atoms with E-state index in [0.717, 1.165) is 24.4 Å². The first kappa shape index (κ1) is 36.9. The van der Waals surface area contributed by atoms with Crippen molar-refractivity contribution in [2.24, 2.45) is 5.92 Å². The van der Waals surface area contributed by atoms with E-state index in [2.05, 4.69) is 20.9 Å². The minimum atomic E-state index is -1.45. The number of carbonyl (C=O) groups excluding carboxylic acids is 3. The lowest BCUT2D eigenvalue weighted by molar-refractivity contribution is -0.145. The zero-order valence-corrected chi connectivity index (χ0v) is 30.9. The molecule has 0 unspecified atom stereocenters. The molecule has 1 aliphatic carbocycles. The normalized spacial score (nSPS) is 25.8. The van der Waals surface area contributed by atoms with Gasteiger partial charge in [0.15, 0.2) is 5.13 Å². The van der Waals surface area contributed by atoms with Crippen molar-refractivity contribution >= 4 is 51.2 Å². The molecule has 278 valence electrons. The van der Waals surface area contributed by atoms with Crippen molar-refractivity contribution in [2.75, 3.05) is 26.0 Å². The Hall–Kier alpha value is -4.92. The molecule has 0 spiro atoms. The number of anilines is 1. The highest BCUT2D eigenvalue weighted by Crippen LogP contribution is 2.45. The molecule has 15 heteroatoms. The maximum atomic E-state index is 14.4. The number of thiazole rings is 1. The van der Waals surface area contributed by atoms with Gasteiger partial charge in [-0.05, 0) is 58.6 Å². The predicted molar refractivity (Wildman–Crippen MR) is 195 cm³/mol. The molecule has 2 aliphatic heterocycles. The van der Waals surface area contributed by atoms with Crippen molar-refractivity contribution in [3.63, 3.8) is 0 Å². The van der Waals surface area contributed by atoms with Crippen LogP contribution in [0.2, 0.25) is 0 Å². The number of methoxy groups -OCH3 is 1. The van der Waals surface area contributed by atoms with Crippen molar-refractivity contribution in [3.05, 3.63) is 41.8 Å². The van der Waals surface area contributed by atoms with Crippen molar-refractivity contribution in [2.45, 2.75) is 95.0 Å². The molecule has 4 N–H and O–H groups in total. The summed E-state index contributed by atoms with van der Waals surface area (Å²) >= 11 is 1.44. The van der Waals surface area contributed by atoms with Gasteiger partial charge < -0.3 is 40.2 Å². The quantitative estimate of drug-likeness (QED) is 0.236. The Balaban J connectivity index is 1.34. The van der Waals surface area contributed by atoms with Crippen molar-refractivity contribution < 1.29 is 38.5 Å². The van der Waals surface area contributed by atoms with Crippen molar-refractivity contribution in [1.29, 1.82) is 0 Å². The Morgan fingerprint density at radius 1 is 1.12 bits per heavy atom. The zero-order valence-electron chi connectivity index (χ0n) is 30.1. The molecule has 1 aromatic carbocycles. The molecule has 2 fully saturated rings. The van der Waals surface area contributed by atoms with E-state index in [4.69, 9.17) is 19.2 Å². The first-order chi connectivity index (χ1) is 24.8. The molecular formula is C37H46N6O8S. The average Bonchev–Trinajstić information content (AvgIpc) is 3.39. The fraction of sp³-hybridized carbons (Fsp3) is 0.514. The number of benzene rings is 1. The number of pyridine rings is 1. The number of amides is 3. The number of nitrogens with zero attached hydrogens (tertiary/aromatic N) is 3. The lowest BCUT2D eigenvalue weighted by Crippen LogP contribution is -2.56. The number of aliphatic carboxylic acids is 1. The van der Waals surface area contributed by atoms with Gasteiger partial charge in [0.05, 0.1) is 24.9 Å². The van der Waals surface area contributed by atoms with Crippen molar-refractivity contribution in [3.8, 4) is 22.9 Å². The number of aromatic nitrogens is 2. The molecule has 2 aromatic heterocycles. The molecule has 3 aliphatic rings. The van der Waals surface area contributed by atoms with Crippen LogP contribution in [0.1, 0.15) is 65.7 Å². The Morgan fingerprint density at radius 3 is 2.63 bits per heavy atom. The van der Waals surface area contributed by atoms with E-state index >= 15 is 0 Å². The van der Waals surface area contributed by atoms with Crippen LogP contribution in [-0.4, -0.2) is 93.9 Å². The fourth-order valence-electron chi connectivity index (χ4n) is 6.81. The summed E-state index contributed by atoms with van der Waals surface area (Å²) in [4.78, 5) is 64.8. The van der Waals surface area contributed by atoms with E-state index < -0.39 is 53.2 Å². The standard InChI is InChI=1S/C37H46N6O8S/c1-36(2,3)51-35(48)41-25-12-10-8-6-7-9-11-21-18-37(21,33(46)47)42-31(44)29-16-23(19-43(29)32(25)45)50-30-17-27(28-20-52-34(38-4)40-28)39-26-15-22(49-5)13-14-24(26)30/h9,11,13-15,17,20-21,23,25,29H,6-8,10,12,16,18-19H2,1-5H3,(H,38,40)(H,41,48)(H,42,44)(H,46,47)/b11-9-/t21-,23+,25-,29-,37+/m0/s1. The van der Waals surface area contributed by atoms with Gasteiger partial charge in [-0.15, -0.1) is 11.3 Å². The number of carboxylic acids is 1. The minimum absolute atomic E-state index is 0.0166. The highest BCUT2D eigenvalue weighted by molar-refractivity contribution is 7.14. The zero-order chi connectivity index (χ0) is 37.2. The number of hydrogen-bond donors (Lipinski definition) is 4. The second kappa shape index (κ2) is 15.0. The lowest BCUT2D eigenvalue weighted by Gasteiger charge is -2.30. The van der Waals surface area contributed by atoms with E-state index in [1.165, 1.54) is 16.2 Å². The third kappa shape index (κ3) is 8.09. The van der Waals surface area contributed by atoms with Crippen LogP contribution in [-0.2, 0) is 19.1 Å². The van der Waals surface area contributed by atoms with Gasteiger partial charge in [-0.2, -0.15) is 0 Å². The van der Waals surface area contributed by atoms with Crippen LogP contribution in [0.5, 0.6) is 11.5 Å². The van der Waals surface area contributed by atoms with Crippen LogP contribution in [0.15, 0.2) is 41.8 Å². The minimum Gasteiger partial charge on any atom is -0.497 e. The predicted octanol–water partition coefficient (Wildman–Crippen LogP) is 5.13. The Morgan fingerprint density at radius 2 is 1.92 bits per heavy atom. The largest absolute Gasteiger partial charge is 0.497 e. The van der Waals surface area contributed by atoms with Gasteiger partial charge >= 0.3 is 12.1 Å². The molecule has 14 nitrogen and oxygen atoms in total. The number of rotatable bonds is 7. The van der Waals surface area contributed by atoms with Crippen LogP contribution in [0.3, 0.4) is 0 Å². The molecule has 0 radical (unpaired) electrons. The number of alkyl carbamates (subject to hydrolysis) is 1. The summed E-state index contributed by atoms with van der Waals surface area (Å²) in [6.45, 7) is 5.23. The highest BCUT2D eigenvalue weighted by atomic mass is 32.1. The number of ether oxygens (including phenoxy) is 3. The molecule has 3 aromatic rings. The van der Waals surface area contributed by atoms with E-state index in [9.17, 15) is 24.3 Å². The first-order valence-electron chi connectivity index (χ1n) is 17.6. The molecule has 0 bridgehead atoms. The number of carboxylic acid groups (broad SMARTS) is 1. The Bertz CT molecular complexity index is 1870. The molecule has 6 rings (SSSR count). The molecule has 5 atom stereocenters. The molecule has 1 saturated heterocycles. The fourth-order valence-corrected chi connectivity index (χ4v) is 7.48. The van der Waals surface area contributed by atoms with E-state index in [0.29, 0.717) is 46.6 Å². The van der Waals surface area contributed by atoms with Crippen LogP contribution in [0, 0.1) is 5.92 Å². The molecule has 1 saturated carbocycles. The highest BCUT2D eigenvalue weighted by Gasteiger charge is 2.61. The smallest absolute Gasteiger partial charge is 0.408 e. The van der Waals surface area contributed by atoms with Gasteiger partial charge in [0, 0.05) is 42.3 Å². The second-order valence-electron chi connectivity index (χ2n) is 14.5. The number of carbonyl (C=O) groups is 4. The Labute approximate surface area is 306 Å². The molecular weight excluding hydrogens is 689 g/mol. The second-order valence-corrected chi connectivity index (χ2v) is 15.4. The summed E-state index contributed by atoms with van der Waals surface area (Å²) in [6.07, 6.45) is 6.12. The van der Waals surface area contributed by atoms with E-state index in [1.54, 1.807) is 53.1 Å². The summed E-state index contributed by atoms with van der Waals surface area (Å²) in [5, 5.41) is 22.1. The van der Waals surface area contributed by atoms with Gasteiger partial charge in [0.2, 0.25) is 11.8 Å². The summed E-state index contributed by atoms with van der Waals surface area (Å²) in [6, 6.07) is 5.19. The number of fused-ring (bicyclic) bond motifs is 3. The third-order valence-electron chi connectivity index (χ3n) is 9.57. The summed E-state index contributed by atoms with van der Waals surface area (Å²) in [5.74, 6) is -1.45. The van der Waals surface area contributed by atoms with Crippen LogP contribution in [0.4, 0.5) is 9.93 Å². The maximum Gasteiger partial charge on any atom is 0.408 e. The Kier molecular flexibility index (Phi) is 10.6. The third-order valence-corrected chi connectivity index (χ3v) is 10.4. The number of hydrogen-bond acceptors (Lipinski definition) is 11. The van der Waals surface area contributed by atoms with Gasteiger partial charge in [-0.3, -0.25) is 9.59 Å². The SMILES string of the molecule is CNc1nc(-c2cc(O[C@@H]3C[C@H]4C(=O)N[C@]5(C(=O)O)C[C@@H]5/C=C\CCCCC[C@H](NC(=O)OC(C)(C)C)C(=O)N4C3)c3ccc(OC)cc3n2)cs1. The topological polar surface area (TPSA) is 181 Å². The lowest BCUT2D eigenvalue weighted by atomic mass is 10.0. The van der Waals surface area contributed by atoms with E-state index in [1.807, 2.05) is 23.6 Å². The van der Waals surface area contributed by atoms with E-state index in [-0.39, 0.29) is 25.3 Å². The summed E-state index contributed by atoms with van der Waals surface area (Å²) in [5.41, 5.74) is -0.437. The van der Waals surface area contributed by atoms with Crippen LogP contribution in [0.25, 0.3) is 22.3 Å². The van der Waals surface area contributed by atoms with Crippen molar-refractivity contribution in [1.82, 2.24) is 25.5 Å². The molecule has 4 heterocycles. The van der Waals surface area contributed by atoms with Gasteiger partial charge in [-0.1, -0.05) is 25.0 Å². The number of allylic oxidation sites excluding steroid dienone is 1. The van der Waals surface area contributed by atoms with Crippen LogP contribution < -0.4 is 25.4 Å². The number of nitrogens with one attached hydrogen (secondary N) is 3. The van der Waals surface area contributed by atoms with Crippen LogP contribution >= 0.6 is 11.3 Å². The van der Waals surface area contributed by atoms with Gasteiger partial charge in [0.1, 0.15) is 46.5 Å². The molecule has 3 amide bonds. The summed E-state index contributed by atoms with van der Waals surface area (Å²) in [7, 11) is 3.36.